The Balaban J connectivity index is 1.57. The van der Waals surface area contributed by atoms with E-state index in [1.54, 1.807) is 11.8 Å². The smallest absolute Gasteiger partial charge is 0.430 e. The Morgan fingerprint density at radius 3 is 2.62 bits per heavy atom. The normalized spacial score (nSPS) is 20.5. The van der Waals surface area contributed by atoms with Crippen molar-refractivity contribution in [2.45, 2.75) is 31.4 Å². The van der Waals surface area contributed by atoms with Crippen LogP contribution in [0.15, 0.2) is 18.2 Å². The van der Waals surface area contributed by atoms with Gasteiger partial charge in [-0.3, -0.25) is 0 Å². The number of benzene rings is 1. The molecule has 2 aliphatic rings. The molecule has 3 rings (SSSR count). The molecule has 1 aromatic rings. The van der Waals surface area contributed by atoms with Crippen LogP contribution in [0.2, 0.25) is 0 Å². The number of rotatable bonds is 2. The van der Waals surface area contributed by atoms with Gasteiger partial charge in [-0.1, -0.05) is 6.07 Å². The van der Waals surface area contributed by atoms with E-state index in [4.69, 9.17) is 9.47 Å². The van der Waals surface area contributed by atoms with E-state index in [9.17, 15) is 18.4 Å². The predicted molar refractivity (Wildman–Crippen MR) is 79.3 cm³/mol. The molecule has 1 atom stereocenters. The van der Waals surface area contributed by atoms with E-state index >= 15 is 0 Å². The summed E-state index contributed by atoms with van der Waals surface area (Å²) in [4.78, 5) is 25.0. The summed E-state index contributed by atoms with van der Waals surface area (Å²) in [6.45, 7) is 2.65. The Kier molecular flexibility index (Phi) is 4.29. The second-order valence-corrected chi connectivity index (χ2v) is 6.15. The van der Waals surface area contributed by atoms with Gasteiger partial charge in [0.1, 0.15) is 18.2 Å². The highest BCUT2D eigenvalue weighted by Gasteiger charge is 2.45. The number of ether oxygens (including phenoxy) is 2. The molecule has 2 aliphatic heterocycles. The number of cyclic esters (lactones) is 1. The average molecular weight is 340 g/mol. The van der Waals surface area contributed by atoms with Crippen LogP contribution in [0, 0.1) is 11.6 Å². The molecule has 0 aromatic heterocycles. The van der Waals surface area contributed by atoms with E-state index in [0.717, 1.165) is 12.1 Å². The molecule has 0 radical (unpaired) electrons. The third-order valence-corrected chi connectivity index (χ3v) is 4.48. The standard InChI is InChI=1S/C16H18F2N2O4/c1-10(12-3-2-11(17)8-13(12)18)19-14(21)20-6-4-16(5-7-20)9-23-15(22)24-16/h2-3,8,10H,4-7,9H2,1H3,(H,19,21). The second-order valence-electron chi connectivity index (χ2n) is 6.15. The number of hydrogen-bond acceptors (Lipinski definition) is 4. The van der Waals surface area contributed by atoms with Gasteiger partial charge in [0.25, 0.3) is 0 Å². The van der Waals surface area contributed by atoms with Gasteiger partial charge in [-0.15, -0.1) is 0 Å². The first-order chi connectivity index (χ1) is 11.4. The van der Waals surface area contributed by atoms with Crippen molar-refractivity contribution in [3.05, 3.63) is 35.4 Å². The van der Waals surface area contributed by atoms with Crippen LogP contribution in [0.25, 0.3) is 0 Å². The fourth-order valence-corrected chi connectivity index (χ4v) is 3.00. The minimum atomic E-state index is -0.699. The Morgan fingerprint density at radius 1 is 1.33 bits per heavy atom. The van der Waals surface area contributed by atoms with Crippen LogP contribution < -0.4 is 5.32 Å². The molecular weight excluding hydrogens is 322 g/mol. The predicted octanol–water partition coefficient (Wildman–Crippen LogP) is 2.74. The molecule has 2 heterocycles. The van der Waals surface area contributed by atoms with Crippen molar-refractivity contribution in [3.8, 4) is 0 Å². The number of carbonyl (C=O) groups excluding carboxylic acids is 2. The van der Waals surface area contributed by atoms with Crippen LogP contribution in [0.3, 0.4) is 0 Å². The Bertz CT molecular complexity index is 659. The van der Waals surface area contributed by atoms with Gasteiger partial charge >= 0.3 is 12.2 Å². The molecule has 0 aliphatic carbocycles. The van der Waals surface area contributed by atoms with Crippen LogP contribution in [0.4, 0.5) is 18.4 Å². The number of nitrogens with one attached hydrogen (secondary N) is 1. The maximum Gasteiger partial charge on any atom is 0.509 e. The summed E-state index contributed by atoms with van der Waals surface area (Å²) >= 11 is 0. The summed E-state index contributed by atoms with van der Waals surface area (Å²) in [5, 5.41) is 2.70. The molecule has 2 fully saturated rings. The van der Waals surface area contributed by atoms with Gasteiger partial charge in [0.05, 0.1) is 6.04 Å². The monoisotopic (exact) mass is 340 g/mol. The van der Waals surface area contributed by atoms with Crippen LogP contribution >= 0.6 is 0 Å². The van der Waals surface area contributed by atoms with Gasteiger partial charge in [0.15, 0.2) is 5.60 Å². The molecule has 130 valence electrons. The summed E-state index contributed by atoms with van der Waals surface area (Å²) < 4.78 is 36.7. The lowest BCUT2D eigenvalue weighted by Crippen LogP contribution is -2.51. The van der Waals surface area contributed by atoms with Crippen molar-refractivity contribution in [2.75, 3.05) is 19.7 Å². The lowest BCUT2D eigenvalue weighted by molar-refractivity contribution is 0.00917. The van der Waals surface area contributed by atoms with Gasteiger partial charge in [-0.2, -0.15) is 0 Å². The number of halogens is 2. The summed E-state index contributed by atoms with van der Waals surface area (Å²) in [5.74, 6) is -1.36. The van der Waals surface area contributed by atoms with Crippen molar-refractivity contribution < 1.29 is 27.8 Å². The maximum absolute atomic E-state index is 13.8. The number of likely N-dealkylation sites (tertiary alicyclic amines) is 1. The first-order valence-electron chi connectivity index (χ1n) is 7.75. The molecule has 1 N–H and O–H groups in total. The van der Waals surface area contributed by atoms with Gasteiger partial charge < -0.3 is 19.7 Å². The van der Waals surface area contributed by atoms with Crippen molar-refractivity contribution in [1.29, 1.82) is 0 Å². The third kappa shape index (κ3) is 3.27. The van der Waals surface area contributed by atoms with Crippen molar-refractivity contribution in [2.24, 2.45) is 0 Å². The lowest BCUT2D eigenvalue weighted by atomic mass is 9.92. The zero-order chi connectivity index (χ0) is 17.3. The van der Waals surface area contributed by atoms with Gasteiger partial charge in [-0.25, -0.2) is 18.4 Å². The van der Waals surface area contributed by atoms with E-state index in [1.807, 2.05) is 0 Å². The molecule has 0 bridgehead atoms. The van der Waals surface area contributed by atoms with Crippen molar-refractivity contribution in [3.63, 3.8) is 0 Å². The van der Waals surface area contributed by atoms with E-state index in [-0.39, 0.29) is 18.2 Å². The SMILES string of the molecule is CC(NC(=O)N1CCC2(CC1)COC(=O)O2)c1ccc(F)cc1F. The van der Waals surface area contributed by atoms with E-state index in [1.165, 1.54) is 6.07 Å². The molecule has 1 unspecified atom stereocenters. The molecule has 2 saturated heterocycles. The number of nitrogens with zero attached hydrogens (tertiary/aromatic N) is 1. The average Bonchev–Trinajstić information content (AvgIpc) is 2.88. The Morgan fingerprint density at radius 2 is 2.04 bits per heavy atom. The highest BCUT2D eigenvalue weighted by molar-refractivity contribution is 5.75. The maximum atomic E-state index is 13.8. The van der Waals surface area contributed by atoms with Crippen LogP contribution in [0.5, 0.6) is 0 Å². The summed E-state index contributed by atoms with van der Waals surface area (Å²) in [5.41, 5.74) is -0.418. The molecule has 1 spiro atoms. The van der Waals surface area contributed by atoms with Crippen LogP contribution in [-0.2, 0) is 9.47 Å². The van der Waals surface area contributed by atoms with E-state index < -0.39 is 29.4 Å². The Labute approximate surface area is 137 Å². The highest BCUT2D eigenvalue weighted by Crippen LogP contribution is 2.31. The number of amides is 2. The highest BCUT2D eigenvalue weighted by atomic mass is 19.1. The number of piperidine rings is 1. The molecule has 1 aromatic carbocycles. The number of urea groups is 1. The molecular formula is C16H18F2N2O4. The van der Waals surface area contributed by atoms with Gasteiger partial charge in [0.2, 0.25) is 0 Å². The molecule has 6 nitrogen and oxygen atoms in total. The zero-order valence-corrected chi connectivity index (χ0v) is 13.2. The van der Waals surface area contributed by atoms with Gasteiger partial charge in [-0.05, 0) is 13.0 Å². The van der Waals surface area contributed by atoms with E-state index in [2.05, 4.69) is 5.32 Å². The summed E-state index contributed by atoms with van der Waals surface area (Å²) in [6, 6.07) is 2.32. The number of carbonyl (C=O) groups is 2. The fourth-order valence-electron chi connectivity index (χ4n) is 3.00. The van der Waals surface area contributed by atoms with Crippen molar-refractivity contribution >= 4 is 12.2 Å². The molecule has 24 heavy (non-hydrogen) atoms. The third-order valence-electron chi connectivity index (χ3n) is 4.48. The van der Waals surface area contributed by atoms with Crippen LogP contribution in [-0.4, -0.2) is 42.4 Å². The minimum absolute atomic E-state index is 0.207. The largest absolute Gasteiger partial charge is 0.509 e. The topological polar surface area (TPSA) is 67.9 Å². The Hall–Kier alpha value is -2.38. The first kappa shape index (κ1) is 16.5. The summed E-state index contributed by atoms with van der Waals surface area (Å²) in [7, 11) is 0. The summed E-state index contributed by atoms with van der Waals surface area (Å²) in [6.07, 6.45) is 0.310. The first-order valence-corrected chi connectivity index (χ1v) is 7.75. The van der Waals surface area contributed by atoms with E-state index in [0.29, 0.717) is 25.9 Å². The zero-order valence-electron chi connectivity index (χ0n) is 13.2. The van der Waals surface area contributed by atoms with Crippen molar-refractivity contribution in [1.82, 2.24) is 10.2 Å². The molecule has 2 amide bonds. The second kappa shape index (κ2) is 6.26. The molecule has 0 saturated carbocycles. The van der Waals surface area contributed by atoms with Gasteiger partial charge in [0, 0.05) is 37.6 Å². The molecule has 8 heteroatoms. The lowest BCUT2D eigenvalue weighted by Gasteiger charge is -2.36. The number of hydrogen-bond donors (Lipinski definition) is 1. The quantitative estimate of drug-likeness (QED) is 0.841. The fraction of sp³-hybridized carbons (Fsp3) is 0.500. The minimum Gasteiger partial charge on any atom is -0.430 e. The van der Waals surface area contributed by atoms with Crippen LogP contribution in [0.1, 0.15) is 31.4 Å².